The molecular formula is C14H10O5. The van der Waals surface area contributed by atoms with Crippen LogP contribution in [0.1, 0.15) is 34.7 Å². The van der Waals surface area contributed by atoms with Gasteiger partial charge >= 0.3 is 0 Å². The molecule has 0 saturated heterocycles. The number of furan rings is 1. The molecule has 1 aromatic heterocycles. The zero-order valence-corrected chi connectivity index (χ0v) is 10.0. The molecule has 1 heterocycles. The highest BCUT2D eigenvalue weighted by atomic mass is 16.4. The minimum atomic E-state index is -0.822. The van der Waals surface area contributed by atoms with Crippen LogP contribution < -0.4 is 0 Å². The van der Waals surface area contributed by atoms with Gasteiger partial charge in [-0.3, -0.25) is 9.59 Å². The van der Waals surface area contributed by atoms with Gasteiger partial charge in [0.05, 0.1) is 10.9 Å². The molecular weight excluding hydrogens is 248 g/mol. The van der Waals surface area contributed by atoms with Crippen LogP contribution in [-0.2, 0) is 4.79 Å². The summed E-state index contributed by atoms with van der Waals surface area (Å²) in [5.41, 5.74) is 0.776. The number of aliphatic hydroxyl groups is 1. The van der Waals surface area contributed by atoms with Crippen molar-refractivity contribution in [3.63, 3.8) is 0 Å². The maximum atomic E-state index is 11.8. The van der Waals surface area contributed by atoms with E-state index in [9.17, 15) is 19.8 Å². The lowest BCUT2D eigenvalue weighted by Gasteiger charge is -2.10. The van der Waals surface area contributed by atoms with Crippen molar-refractivity contribution < 1.29 is 24.2 Å². The van der Waals surface area contributed by atoms with Crippen LogP contribution in [0.5, 0.6) is 5.75 Å². The average molecular weight is 258 g/mol. The largest absolute Gasteiger partial charge is 0.506 e. The number of hydrogen-bond donors (Lipinski definition) is 2. The lowest BCUT2D eigenvalue weighted by molar-refractivity contribution is -0.110. The molecule has 0 fully saturated rings. The highest BCUT2D eigenvalue weighted by Gasteiger charge is 2.27. The van der Waals surface area contributed by atoms with Gasteiger partial charge in [0.25, 0.3) is 0 Å². The monoisotopic (exact) mass is 258 g/mol. The number of rotatable bonds is 1. The van der Waals surface area contributed by atoms with Crippen LogP contribution in [0.15, 0.2) is 22.6 Å². The summed E-state index contributed by atoms with van der Waals surface area (Å²) in [5, 5.41) is 19.9. The van der Waals surface area contributed by atoms with Crippen molar-refractivity contribution in [2.75, 3.05) is 0 Å². The van der Waals surface area contributed by atoms with Crippen LogP contribution in [0.4, 0.5) is 0 Å². The quantitative estimate of drug-likeness (QED) is 0.763. The zero-order valence-electron chi connectivity index (χ0n) is 10.0. The van der Waals surface area contributed by atoms with E-state index in [4.69, 9.17) is 4.42 Å². The lowest BCUT2D eigenvalue weighted by Crippen LogP contribution is -2.16. The molecule has 0 saturated carbocycles. The molecule has 0 spiro atoms. The van der Waals surface area contributed by atoms with E-state index in [1.807, 2.05) is 0 Å². The third-order valence-electron chi connectivity index (χ3n) is 3.12. The van der Waals surface area contributed by atoms with Crippen molar-refractivity contribution in [2.45, 2.75) is 13.0 Å². The van der Waals surface area contributed by atoms with Gasteiger partial charge in [-0.25, -0.2) is 0 Å². The number of carbonyl (C=O) groups is 2. The molecule has 1 aliphatic rings. The Balaban J connectivity index is 2.35. The normalized spacial score (nSPS) is 15.9. The molecule has 0 bridgehead atoms. The first-order chi connectivity index (χ1) is 8.99. The summed E-state index contributed by atoms with van der Waals surface area (Å²) in [5.74, 6) is -1.40. The van der Waals surface area contributed by atoms with Crippen molar-refractivity contribution in [2.24, 2.45) is 0 Å². The van der Waals surface area contributed by atoms with Gasteiger partial charge in [-0.05, 0) is 36.8 Å². The van der Waals surface area contributed by atoms with E-state index in [0.717, 1.165) is 6.08 Å². The van der Waals surface area contributed by atoms with E-state index in [2.05, 4.69) is 0 Å². The van der Waals surface area contributed by atoms with E-state index >= 15 is 0 Å². The third-order valence-corrected chi connectivity index (χ3v) is 3.12. The fourth-order valence-electron chi connectivity index (χ4n) is 2.14. The molecule has 96 valence electrons. The van der Waals surface area contributed by atoms with Crippen molar-refractivity contribution in [3.8, 4) is 5.75 Å². The third kappa shape index (κ3) is 1.59. The SMILES string of the molecule is CC(O)c1cc2c(O)c3c(cc2o1)C=CC(=O)C3=O. The number of benzene rings is 1. The van der Waals surface area contributed by atoms with E-state index in [-0.39, 0.29) is 17.1 Å². The van der Waals surface area contributed by atoms with Crippen molar-refractivity contribution in [3.05, 3.63) is 35.1 Å². The first-order valence-electron chi connectivity index (χ1n) is 5.73. The molecule has 1 unspecified atom stereocenters. The van der Waals surface area contributed by atoms with E-state index in [0.29, 0.717) is 16.5 Å². The smallest absolute Gasteiger partial charge is 0.237 e. The molecule has 2 N–H and O–H groups in total. The maximum Gasteiger partial charge on any atom is 0.237 e. The second-order valence-electron chi connectivity index (χ2n) is 4.45. The fourth-order valence-corrected chi connectivity index (χ4v) is 2.14. The number of Topliss-reactive ketones (excluding diaryl/α,β-unsaturated/α-hetero) is 1. The van der Waals surface area contributed by atoms with Gasteiger partial charge in [-0.2, -0.15) is 0 Å². The number of carbonyl (C=O) groups excluding carboxylic acids is 2. The molecule has 3 rings (SSSR count). The predicted octanol–water partition coefficient (Wildman–Crippen LogP) is 1.97. The van der Waals surface area contributed by atoms with E-state index < -0.39 is 17.7 Å². The van der Waals surface area contributed by atoms with Crippen LogP contribution >= 0.6 is 0 Å². The lowest BCUT2D eigenvalue weighted by atomic mass is 9.93. The number of aromatic hydroxyl groups is 1. The second kappa shape index (κ2) is 3.80. The van der Waals surface area contributed by atoms with Gasteiger partial charge in [0.1, 0.15) is 23.2 Å². The summed E-state index contributed by atoms with van der Waals surface area (Å²) >= 11 is 0. The molecule has 1 atom stereocenters. The van der Waals surface area contributed by atoms with Gasteiger partial charge in [-0.1, -0.05) is 0 Å². The average Bonchev–Trinajstić information content (AvgIpc) is 2.78. The number of aliphatic hydroxyl groups excluding tert-OH is 1. The fraction of sp³-hybridized carbons (Fsp3) is 0.143. The van der Waals surface area contributed by atoms with Crippen molar-refractivity contribution in [1.29, 1.82) is 0 Å². The molecule has 1 aromatic carbocycles. The van der Waals surface area contributed by atoms with Gasteiger partial charge < -0.3 is 14.6 Å². The van der Waals surface area contributed by atoms with Gasteiger partial charge in [0.15, 0.2) is 0 Å². The van der Waals surface area contributed by atoms with Crippen LogP contribution in [0.25, 0.3) is 17.0 Å². The van der Waals surface area contributed by atoms with Gasteiger partial charge in [-0.15, -0.1) is 0 Å². The van der Waals surface area contributed by atoms with Gasteiger partial charge in [0.2, 0.25) is 11.6 Å². The summed E-state index contributed by atoms with van der Waals surface area (Å²) in [4.78, 5) is 23.1. The summed E-state index contributed by atoms with van der Waals surface area (Å²) in [6, 6.07) is 3.03. The summed E-state index contributed by atoms with van der Waals surface area (Å²) < 4.78 is 5.40. The Morgan fingerprint density at radius 2 is 1.95 bits per heavy atom. The number of ketones is 2. The Labute approximate surface area is 107 Å². The van der Waals surface area contributed by atoms with E-state index in [1.165, 1.54) is 19.1 Å². The summed E-state index contributed by atoms with van der Waals surface area (Å²) in [6.07, 6.45) is 1.80. The summed E-state index contributed by atoms with van der Waals surface area (Å²) in [7, 11) is 0. The van der Waals surface area contributed by atoms with Crippen LogP contribution in [0, 0.1) is 0 Å². The summed E-state index contributed by atoms with van der Waals surface area (Å²) in [6.45, 7) is 1.53. The number of allylic oxidation sites excluding steroid dienone is 1. The molecule has 19 heavy (non-hydrogen) atoms. The van der Waals surface area contributed by atoms with Crippen molar-refractivity contribution >= 4 is 28.6 Å². The number of phenolic OH excluding ortho intramolecular Hbond substituents is 1. The van der Waals surface area contributed by atoms with Crippen LogP contribution in [0.3, 0.4) is 0 Å². The Morgan fingerprint density at radius 1 is 1.21 bits per heavy atom. The Kier molecular flexibility index (Phi) is 2.33. The molecule has 1 aliphatic carbocycles. The Morgan fingerprint density at radius 3 is 2.63 bits per heavy atom. The minimum absolute atomic E-state index is 0.0158. The molecule has 5 nitrogen and oxygen atoms in total. The molecule has 0 amide bonds. The first-order valence-corrected chi connectivity index (χ1v) is 5.73. The number of phenols is 1. The minimum Gasteiger partial charge on any atom is -0.506 e. The highest BCUT2D eigenvalue weighted by molar-refractivity contribution is 6.50. The maximum absolute atomic E-state index is 11.8. The molecule has 2 aromatic rings. The van der Waals surface area contributed by atoms with Gasteiger partial charge in [0, 0.05) is 0 Å². The van der Waals surface area contributed by atoms with Crippen molar-refractivity contribution in [1.82, 2.24) is 0 Å². The molecule has 5 heteroatoms. The molecule has 0 aliphatic heterocycles. The zero-order chi connectivity index (χ0) is 13.7. The topological polar surface area (TPSA) is 87.7 Å². The van der Waals surface area contributed by atoms with E-state index in [1.54, 1.807) is 6.07 Å². The predicted molar refractivity (Wildman–Crippen MR) is 66.9 cm³/mol. The number of fused-ring (bicyclic) bond motifs is 2. The van der Waals surface area contributed by atoms with Crippen LogP contribution in [0.2, 0.25) is 0 Å². The number of hydrogen-bond acceptors (Lipinski definition) is 5. The Bertz CT molecular complexity index is 749. The Hall–Kier alpha value is -2.40. The van der Waals surface area contributed by atoms with Crippen LogP contribution in [-0.4, -0.2) is 21.8 Å². The highest BCUT2D eigenvalue weighted by Crippen LogP contribution is 2.37. The second-order valence-corrected chi connectivity index (χ2v) is 4.45. The first kappa shape index (κ1) is 11.7. The standard InChI is InChI=1S/C14H10O5/c1-6(15)10-5-8-11(19-10)4-7-2-3-9(16)14(18)12(7)13(8)17/h2-6,15,17H,1H3. The molecule has 0 radical (unpaired) electrons.